The maximum atomic E-state index is 12.2. The topological polar surface area (TPSA) is 112 Å². The number of benzene rings is 1. The van der Waals surface area contributed by atoms with Crippen LogP contribution in [0.4, 0.5) is 0 Å². The van der Waals surface area contributed by atoms with Gasteiger partial charge in [0.2, 0.25) is 5.91 Å². The maximum absolute atomic E-state index is 12.2. The van der Waals surface area contributed by atoms with E-state index in [1.807, 2.05) is 12.3 Å². The minimum absolute atomic E-state index is 0.193. The van der Waals surface area contributed by atoms with E-state index in [9.17, 15) is 14.4 Å². The molecule has 0 radical (unpaired) electrons. The standard InChI is InChI=1S/C20H23N3O5S/c1-13-22-16(12-29-13)10-27-17-4-2-15(3-5-17)20(26)28-11-18(24)23-8-6-14(7-9-23)19(21)25/h2-5,12,14H,6-11H2,1H3,(H2,21,25). The lowest BCUT2D eigenvalue weighted by molar-refractivity contribution is -0.137. The Morgan fingerprint density at radius 1 is 1.21 bits per heavy atom. The van der Waals surface area contributed by atoms with Crippen LogP contribution in [-0.4, -0.2) is 47.4 Å². The molecule has 154 valence electrons. The first kappa shape index (κ1) is 20.8. The zero-order chi connectivity index (χ0) is 20.8. The maximum Gasteiger partial charge on any atom is 0.338 e. The number of piperidine rings is 1. The number of hydrogen-bond donors (Lipinski definition) is 1. The number of thiazole rings is 1. The molecule has 2 amide bonds. The summed E-state index contributed by atoms with van der Waals surface area (Å²) in [4.78, 5) is 41.4. The van der Waals surface area contributed by atoms with Gasteiger partial charge in [-0.15, -0.1) is 11.3 Å². The van der Waals surface area contributed by atoms with Crippen molar-refractivity contribution in [2.45, 2.75) is 26.4 Å². The Balaban J connectivity index is 1.43. The van der Waals surface area contributed by atoms with Crippen LogP contribution in [0, 0.1) is 12.8 Å². The SMILES string of the molecule is Cc1nc(COc2ccc(C(=O)OCC(=O)N3CCC(C(N)=O)CC3)cc2)cs1. The molecule has 0 aliphatic carbocycles. The Bertz CT molecular complexity index is 872. The summed E-state index contributed by atoms with van der Waals surface area (Å²) >= 11 is 1.56. The van der Waals surface area contributed by atoms with Crippen molar-refractivity contribution < 1.29 is 23.9 Å². The van der Waals surface area contributed by atoms with Gasteiger partial charge in [0, 0.05) is 24.4 Å². The van der Waals surface area contributed by atoms with Gasteiger partial charge in [-0.3, -0.25) is 9.59 Å². The van der Waals surface area contributed by atoms with Gasteiger partial charge in [-0.2, -0.15) is 0 Å². The fraction of sp³-hybridized carbons (Fsp3) is 0.400. The molecular formula is C20H23N3O5S. The van der Waals surface area contributed by atoms with Gasteiger partial charge in [-0.25, -0.2) is 9.78 Å². The van der Waals surface area contributed by atoms with E-state index in [1.165, 1.54) is 0 Å². The number of likely N-dealkylation sites (tertiary alicyclic amines) is 1. The van der Waals surface area contributed by atoms with Crippen molar-refractivity contribution in [1.29, 1.82) is 0 Å². The van der Waals surface area contributed by atoms with E-state index >= 15 is 0 Å². The predicted octanol–water partition coefficient (Wildman–Crippen LogP) is 1.91. The van der Waals surface area contributed by atoms with Gasteiger partial charge in [0.1, 0.15) is 12.4 Å². The third-order valence-corrected chi connectivity index (χ3v) is 5.54. The van der Waals surface area contributed by atoms with Crippen LogP contribution in [0.2, 0.25) is 0 Å². The number of aromatic nitrogens is 1. The second kappa shape index (κ2) is 9.51. The molecule has 0 spiro atoms. The number of primary amides is 1. The lowest BCUT2D eigenvalue weighted by Crippen LogP contribution is -2.43. The zero-order valence-electron chi connectivity index (χ0n) is 16.1. The van der Waals surface area contributed by atoms with Crippen molar-refractivity contribution >= 4 is 29.1 Å². The first-order valence-electron chi connectivity index (χ1n) is 9.30. The van der Waals surface area contributed by atoms with Crippen molar-refractivity contribution in [2.24, 2.45) is 11.7 Å². The molecule has 1 aromatic carbocycles. The summed E-state index contributed by atoms with van der Waals surface area (Å²) in [7, 11) is 0. The number of carbonyl (C=O) groups is 3. The minimum Gasteiger partial charge on any atom is -0.487 e. The summed E-state index contributed by atoms with van der Waals surface area (Å²) in [6.45, 7) is 2.84. The van der Waals surface area contributed by atoms with Gasteiger partial charge in [-0.05, 0) is 44.0 Å². The van der Waals surface area contributed by atoms with E-state index in [2.05, 4.69) is 4.98 Å². The van der Waals surface area contributed by atoms with Crippen molar-refractivity contribution in [2.75, 3.05) is 19.7 Å². The van der Waals surface area contributed by atoms with Gasteiger partial charge in [-0.1, -0.05) is 0 Å². The average molecular weight is 417 g/mol. The Morgan fingerprint density at radius 3 is 2.48 bits per heavy atom. The van der Waals surface area contributed by atoms with E-state index in [4.69, 9.17) is 15.2 Å². The first-order valence-corrected chi connectivity index (χ1v) is 10.2. The molecule has 0 atom stereocenters. The van der Waals surface area contributed by atoms with E-state index in [0.717, 1.165) is 10.7 Å². The summed E-state index contributed by atoms with van der Waals surface area (Å²) in [5.74, 6) is -0.771. The normalized spacial score (nSPS) is 14.4. The lowest BCUT2D eigenvalue weighted by atomic mass is 9.96. The molecule has 3 rings (SSSR count). The number of rotatable bonds is 7. The fourth-order valence-corrected chi connectivity index (χ4v) is 3.63. The number of carbonyl (C=O) groups excluding carboxylic acids is 3. The highest BCUT2D eigenvalue weighted by Gasteiger charge is 2.26. The molecule has 1 aromatic heterocycles. The van der Waals surface area contributed by atoms with Crippen LogP contribution in [0.5, 0.6) is 5.75 Å². The summed E-state index contributed by atoms with van der Waals surface area (Å²) < 4.78 is 10.8. The monoisotopic (exact) mass is 417 g/mol. The van der Waals surface area contributed by atoms with E-state index in [0.29, 0.717) is 43.9 Å². The van der Waals surface area contributed by atoms with Gasteiger partial charge in [0.15, 0.2) is 6.61 Å². The van der Waals surface area contributed by atoms with Crippen LogP contribution >= 0.6 is 11.3 Å². The Labute approximate surface area is 172 Å². The molecule has 2 aromatic rings. The smallest absolute Gasteiger partial charge is 0.338 e. The summed E-state index contributed by atoms with van der Waals surface area (Å²) in [6, 6.07) is 6.53. The molecule has 9 heteroatoms. The highest BCUT2D eigenvalue weighted by atomic mass is 32.1. The third-order valence-electron chi connectivity index (χ3n) is 4.72. The van der Waals surface area contributed by atoms with Crippen molar-refractivity contribution in [1.82, 2.24) is 9.88 Å². The molecular weight excluding hydrogens is 394 g/mol. The second-order valence-electron chi connectivity index (χ2n) is 6.80. The van der Waals surface area contributed by atoms with Crippen molar-refractivity contribution in [3.63, 3.8) is 0 Å². The van der Waals surface area contributed by atoms with Crippen molar-refractivity contribution in [3.8, 4) is 5.75 Å². The summed E-state index contributed by atoms with van der Waals surface area (Å²) in [6.07, 6.45) is 1.08. The quantitative estimate of drug-likeness (QED) is 0.689. The molecule has 2 heterocycles. The van der Waals surface area contributed by atoms with Gasteiger partial charge in [0.05, 0.1) is 16.3 Å². The number of amides is 2. The number of aryl methyl sites for hydroxylation is 1. The number of nitrogens with zero attached hydrogens (tertiary/aromatic N) is 2. The van der Waals surface area contributed by atoms with Crippen LogP contribution in [-0.2, 0) is 20.9 Å². The predicted molar refractivity (Wildman–Crippen MR) is 106 cm³/mol. The molecule has 0 bridgehead atoms. The van der Waals surface area contributed by atoms with Gasteiger partial charge < -0.3 is 20.1 Å². The molecule has 1 aliphatic rings. The molecule has 1 fully saturated rings. The number of ether oxygens (including phenoxy) is 2. The highest BCUT2D eigenvalue weighted by molar-refractivity contribution is 7.09. The summed E-state index contributed by atoms with van der Waals surface area (Å²) in [5.41, 5.74) is 6.48. The second-order valence-corrected chi connectivity index (χ2v) is 7.87. The van der Waals surface area contributed by atoms with E-state index in [-0.39, 0.29) is 24.3 Å². The van der Waals surface area contributed by atoms with Crippen LogP contribution < -0.4 is 10.5 Å². The van der Waals surface area contributed by atoms with Crippen LogP contribution in [0.3, 0.4) is 0 Å². The molecule has 0 unspecified atom stereocenters. The molecule has 1 saturated heterocycles. The summed E-state index contributed by atoms with van der Waals surface area (Å²) in [5, 5.41) is 2.92. The van der Waals surface area contributed by atoms with Crippen LogP contribution in [0.1, 0.15) is 33.9 Å². The van der Waals surface area contributed by atoms with Crippen LogP contribution in [0.15, 0.2) is 29.6 Å². The highest BCUT2D eigenvalue weighted by Crippen LogP contribution is 2.18. The average Bonchev–Trinajstić information content (AvgIpc) is 3.15. The largest absolute Gasteiger partial charge is 0.487 e. The van der Waals surface area contributed by atoms with Gasteiger partial charge >= 0.3 is 5.97 Å². The number of hydrogen-bond acceptors (Lipinski definition) is 7. The number of esters is 1. The Morgan fingerprint density at radius 2 is 1.90 bits per heavy atom. The lowest BCUT2D eigenvalue weighted by Gasteiger charge is -2.30. The van der Waals surface area contributed by atoms with Gasteiger partial charge in [0.25, 0.3) is 5.91 Å². The molecule has 2 N–H and O–H groups in total. The zero-order valence-corrected chi connectivity index (χ0v) is 16.9. The molecule has 8 nitrogen and oxygen atoms in total. The Hall–Kier alpha value is -2.94. The molecule has 1 aliphatic heterocycles. The Kier molecular flexibility index (Phi) is 6.82. The molecule has 0 saturated carbocycles. The van der Waals surface area contributed by atoms with E-state index in [1.54, 1.807) is 40.5 Å². The fourth-order valence-electron chi connectivity index (χ4n) is 3.03. The van der Waals surface area contributed by atoms with Crippen molar-refractivity contribution in [3.05, 3.63) is 45.9 Å². The van der Waals surface area contributed by atoms with E-state index < -0.39 is 5.97 Å². The molecule has 29 heavy (non-hydrogen) atoms. The van der Waals surface area contributed by atoms with Crippen LogP contribution in [0.25, 0.3) is 0 Å². The minimum atomic E-state index is -0.577. The third kappa shape index (κ3) is 5.77. The number of nitrogens with two attached hydrogens (primary N) is 1. The first-order chi connectivity index (χ1) is 13.9.